The van der Waals surface area contributed by atoms with Crippen LogP contribution in [0.5, 0.6) is 0 Å². The van der Waals surface area contributed by atoms with Crippen LogP contribution < -0.4 is 5.32 Å². The summed E-state index contributed by atoms with van der Waals surface area (Å²) in [6.45, 7) is 7.48. The third-order valence-corrected chi connectivity index (χ3v) is 6.10. The van der Waals surface area contributed by atoms with Crippen LogP contribution in [-0.4, -0.2) is 82.0 Å². The molecule has 0 radical (unpaired) electrons. The van der Waals surface area contributed by atoms with Gasteiger partial charge < -0.3 is 19.7 Å². The number of nitrogens with zero attached hydrogens (tertiary/aromatic N) is 3. The van der Waals surface area contributed by atoms with Gasteiger partial charge in [-0.05, 0) is 43.7 Å². The van der Waals surface area contributed by atoms with Crippen LogP contribution in [0.25, 0.3) is 0 Å². The Hall–Kier alpha value is -1.63. The summed E-state index contributed by atoms with van der Waals surface area (Å²) < 4.78 is 10.5. The molecule has 6 nitrogen and oxygen atoms in total. The minimum atomic E-state index is 0.659. The fourth-order valence-corrected chi connectivity index (χ4v) is 4.66. The molecular formula is C23H38N4O2. The molecule has 2 aliphatic rings. The molecule has 2 saturated heterocycles. The van der Waals surface area contributed by atoms with Gasteiger partial charge in [0, 0.05) is 53.0 Å². The van der Waals surface area contributed by atoms with Crippen molar-refractivity contribution in [1.82, 2.24) is 15.1 Å². The molecule has 0 saturated carbocycles. The number of guanidine groups is 1. The minimum absolute atomic E-state index is 0.659. The van der Waals surface area contributed by atoms with Crippen LogP contribution >= 0.6 is 0 Å². The first-order valence-corrected chi connectivity index (χ1v) is 11.1. The van der Waals surface area contributed by atoms with Gasteiger partial charge in [-0.25, -0.2) is 0 Å². The molecule has 0 bridgehead atoms. The van der Waals surface area contributed by atoms with Gasteiger partial charge >= 0.3 is 0 Å². The highest BCUT2D eigenvalue weighted by Gasteiger charge is 2.36. The summed E-state index contributed by atoms with van der Waals surface area (Å²) in [4.78, 5) is 9.71. The second-order valence-corrected chi connectivity index (χ2v) is 8.09. The van der Waals surface area contributed by atoms with Crippen LogP contribution in [0.15, 0.2) is 35.3 Å². The predicted octanol–water partition coefficient (Wildman–Crippen LogP) is 2.60. The zero-order valence-corrected chi connectivity index (χ0v) is 18.2. The number of methoxy groups -OCH3 is 1. The van der Waals surface area contributed by atoms with E-state index in [-0.39, 0.29) is 0 Å². The summed E-state index contributed by atoms with van der Waals surface area (Å²) in [5, 5.41) is 3.53. The van der Waals surface area contributed by atoms with Gasteiger partial charge in [0.05, 0.1) is 13.2 Å². The van der Waals surface area contributed by atoms with E-state index in [2.05, 4.69) is 50.4 Å². The molecule has 2 atom stereocenters. The number of ether oxygens (including phenoxy) is 2. The number of piperidine rings is 2. The Labute approximate surface area is 176 Å². The van der Waals surface area contributed by atoms with Crippen LogP contribution in [0.1, 0.15) is 31.2 Å². The van der Waals surface area contributed by atoms with E-state index in [1.54, 1.807) is 7.11 Å². The highest BCUT2D eigenvalue weighted by Crippen LogP contribution is 2.31. The monoisotopic (exact) mass is 402 g/mol. The summed E-state index contributed by atoms with van der Waals surface area (Å²) in [6, 6.07) is 11.6. The first-order chi connectivity index (χ1) is 14.3. The van der Waals surface area contributed by atoms with Crippen LogP contribution in [0.2, 0.25) is 0 Å². The highest BCUT2D eigenvalue weighted by molar-refractivity contribution is 5.80. The number of nitrogens with one attached hydrogen (secondary N) is 1. The number of aliphatic imine (C=N–C) groups is 1. The number of hydrogen-bond acceptors (Lipinski definition) is 4. The van der Waals surface area contributed by atoms with E-state index in [0.29, 0.717) is 19.3 Å². The molecule has 1 N–H and O–H groups in total. The summed E-state index contributed by atoms with van der Waals surface area (Å²) in [5.41, 5.74) is 1.43. The second-order valence-electron chi connectivity index (χ2n) is 8.09. The van der Waals surface area contributed by atoms with Crippen molar-refractivity contribution in [2.45, 2.75) is 38.3 Å². The lowest BCUT2D eigenvalue weighted by Gasteiger charge is -2.48. The normalized spacial score (nSPS) is 23.1. The maximum absolute atomic E-state index is 5.54. The number of fused-ring (bicyclic) bond motifs is 1. The molecule has 0 aromatic heterocycles. The van der Waals surface area contributed by atoms with Crippen molar-refractivity contribution in [3.63, 3.8) is 0 Å². The van der Waals surface area contributed by atoms with Crippen molar-refractivity contribution in [2.75, 3.05) is 60.2 Å². The molecule has 3 rings (SSSR count). The standard InChI is InChI=1S/C23H38N4O2/c1-24-23(25-12-7-15-29-17-16-28-2)27-14-11-22-21(19-27)10-6-13-26(22)18-20-8-4-3-5-9-20/h3-5,8-9,21-22H,6-7,10-19H2,1-2H3,(H,24,25). The average Bonchev–Trinajstić information content (AvgIpc) is 2.76. The van der Waals surface area contributed by atoms with Gasteiger partial charge in [0.25, 0.3) is 0 Å². The maximum atomic E-state index is 5.54. The van der Waals surface area contributed by atoms with E-state index in [9.17, 15) is 0 Å². The van der Waals surface area contributed by atoms with Gasteiger partial charge in [0.15, 0.2) is 5.96 Å². The van der Waals surface area contributed by atoms with E-state index in [1.807, 2.05) is 7.05 Å². The van der Waals surface area contributed by atoms with E-state index < -0.39 is 0 Å². The van der Waals surface area contributed by atoms with Gasteiger partial charge in [0.1, 0.15) is 0 Å². The first kappa shape index (κ1) is 22.1. The molecule has 0 amide bonds. The number of rotatable bonds is 9. The average molecular weight is 403 g/mol. The Kier molecular flexibility index (Phi) is 9.25. The lowest BCUT2D eigenvalue weighted by atomic mass is 9.83. The zero-order valence-electron chi connectivity index (χ0n) is 18.2. The number of benzene rings is 1. The van der Waals surface area contributed by atoms with Crippen molar-refractivity contribution in [2.24, 2.45) is 10.9 Å². The van der Waals surface area contributed by atoms with Crippen molar-refractivity contribution in [1.29, 1.82) is 0 Å². The fourth-order valence-electron chi connectivity index (χ4n) is 4.66. The largest absolute Gasteiger partial charge is 0.382 e. The Balaban J connectivity index is 1.44. The van der Waals surface area contributed by atoms with Crippen LogP contribution in [0, 0.1) is 5.92 Å². The molecule has 29 heavy (non-hydrogen) atoms. The van der Waals surface area contributed by atoms with E-state index in [0.717, 1.165) is 51.1 Å². The molecule has 2 aliphatic heterocycles. The molecule has 2 fully saturated rings. The maximum Gasteiger partial charge on any atom is 0.193 e. The topological polar surface area (TPSA) is 49.3 Å². The van der Waals surface area contributed by atoms with Gasteiger partial charge in [-0.2, -0.15) is 0 Å². The Morgan fingerprint density at radius 3 is 2.79 bits per heavy atom. The van der Waals surface area contributed by atoms with Crippen molar-refractivity contribution >= 4 is 5.96 Å². The number of hydrogen-bond donors (Lipinski definition) is 1. The van der Waals surface area contributed by atoms with Gasteiger partial charge in [-0.3, -0.25) is 9.89 Å². The van der Waals surface area contributed by atoms with Gasteiger partial charge in [-0.1, -0.05) is 30.3 Å². The summed E-state index contributed by atoms with van der Waals surface area (Å²) in [7, 11) is 3.59. The third kappa shape index (κ3) is 6.69. The molecular weight excluding hydrogens is 364 g/mol. The molecule has 2 heterocycles. The lowest BCUT2D eigenvalue weighted by Crippen LogP contribution is -2.56. The van der Waals surface area contributed by atoms with E-state index in [1.165, 1.54) is 31.4 Å². The summed E-state index contributed by atoms with van der Waals surface area (Å²) >= 11 is 0. The van der Waals surface area contributed by atoms with E-state index >= 15 is 0 Å². The van der Waals surface area contributed by atoms with Crippen molar-refractivity contribution < 1.29 is 9.47 Å². The summed E-state index contributed by atoms with van der Waals surface area (Å²) in [5.74, 6) is 1.78. The molecule has 162 valence electrons. The van der Waals surface area contributed by atoms with Crippen LogP contribution in [0.3, 0.4) is 0 Å². The zero-order chi connectivity index (χ0) is 20.3. The Morgan fingerprint density at radius 1 is 1.14 bits per heavy atom. The fraction of sp³-hybridized carbons (Fsp3) is 0.696. The Morgan fingerprint density at radius 2 is 2.00 bits per heavy atom. The number of likely N-dealkylation sites (tertiary alicyclic amines) is 2. The first-order valence-electron chi connectivity index (χ1n) is 11.1. The van der Waals surface area contributed by atoms with Crippen molar-refractivity contribution in [3.8, 4) is 0 Å². The third-order valence-electron chi connectivity index (χ3n) is 6.10. The highest BCUT2D eigenvalue weighted by atomic mass is 16.5. The molecule has 0 spiro atoms. The Bertz CT molecular complexity index is 610. The van der Waals surface area contributed by atoms with Crippen molar-refractivity contribution in [3.05, 3.63) is 35.9 Å². The quantitative estimate of drug-likeness (QED) is 0.391. The SMILES string of the molecule is CN=C(NCCCOCCOC)N1CCC2C(CCCN2Cc2ccccc2)C1. The molecule has 1 aromatic carbocycles. The lowest BCUT2D eigenvalue weighted by molar-refractivity contribution is 0.0371. The second kappa shape index (κ2) is 12.2. The smallest absolute Gasteiger partial charge is 0.193 e. The van der Waals surface area contributed by atoms with Gasteiger partial charge in [0.2, 0.25) is 0 Å². The molecule has 1 aromatic rings. The van der Waals surface area contributed by atoms with Crippen LogP contribution in [-0.2, 0) is 16.0 Å². The van der Waals surface area contributed by atoms with E-state index in [4.69, 9.17) is 9.47 Å². The molecule has 6 heteroatoms. The molecule has 2 unspecified atom stereocenters. The summed E-state index contributed by atoms with van der Waals surface area (Å²) in [6.07, 6.45) is 4.83. The minimum Gasteiger partial charge on any atom is -0.382 e. The predicted molar refractivity (Wildman–Crippen MR) is 118 cm³/mol. The molecule has 0 aliphatic carbocycles. The van der Waals surface area contributed by atoms with Crippen LogP contribution in [0.4, 0.5) is 0 Å². The van der Waals surface area contributed by atoms with Gasteiger partial charge in [-0.15, -0.1) is 0 Å².